The van der Waals surface area contributed by atoms with E-state index in [9.17, 15) is 0 Å². The summed E-state index contributed by atoms with van der Waals surface area (Å²) < 4.78 is 9.39. The lowest BCUT2D eigenvalue weighted by atomic mass is 10.4. The van der Waals surface area contributed by atoms with E-state index in [-0.39, 0.29) is 0 Å². The summed E-state index contributed by atoms with van der Waals surface area (Å²) in [5, 5.41) is 0. The van der Waals surface area contributed by atoms with Gasteiger partial charge in [-0.3, -0.25) is 0 Å². The van der Waals surface area contributed by atoms with Gasteiger partial charge in [0.05, 0.1) is 13.2 Å². The monoisotopic (exact) mass is 106 g/mol. The summed E-state index contributed by atoms with van der Waals surface area (Å²) in [4.78, 5) is 0. The molecule has 34 valence electrons. The van der Waals surface area contributed by atoms with Gasteiger partial charge in [0.1, 0.15) is 0 Å². The van der Waals surface area contributed by atoms with Crippen LogP contribution in [0.25, 0.3) is 0 Å². The predicted molar refractivity (Wildman–Crippen MR) is 23.5 cm³/mol. The smallest absolute Gasteiger partial charge is 0.395 e. The zero-order valence-electron chi connectivity index (χ0n) is 3.19. The highest BCUT2D eigenvalue weighted by Crippen LogP contribution is 2.00. The van der Waals surface area contributed by atoms with Crippen LogP contribution in [-0.2, 0) is 9.31 Å². The normalized spacial score (nSPS) is 22.5. The molecule has 0 saturated carbocycles. The molecule has 0 atom stereocenters. The fourth-order valence-corrected chi connectivity index (χ4v) is 0.508. The lowest BCUT2D eigenvalue weighted by molar-refractivity contribution is 0.365. The molecule has 0 aromatic carbocycles. The Morgan fingerprint density at radius 1 is 1.33 bits per heavy atom. The number of rotatable bonds is 0. The van der Waals surface area contributed by atoms with Crippen molar-refractivity contribution in [2.24, 2.45) is 0 Å². The van der Waals surface area contributed by atoms with E-state index in [4.69, 9.17) is 20.8 Å². The topological polar surface area (TPSA) is 18.5 Å². The summed E-state index contributed by atoms with van der Waals surface area (Å²) in [7, 11) is 0. The molecule has 4 heteroatoms. The maximum Gasteiger partial charge on any atom is 0.571 e. The van der Waals surface area contributed by atoms with Gasteiger partial charge >= 0.3 is 6.53 Å². The van der Waals surface area contributed by atoms with Crippen LogP contribution in [0, 0.1) is 0 Å². The molecule has 0 N–H and O–H groups in total. The van der Waals surface area contributed by atoms with Gasteiger partial charge in [-0.15, -0.1) is 11.5 Å². The molecule has 0 aliphatic carbocycles. The Morgan fingerprint density at radius 3 is 2.00 bits per heavy atom. The van der Waals surface area contributed by atoms with Gasteiger partial charge in [-0.05, 0) is 0 Å². The molecule has 6 heavy (non-hydrogen) atoms. The first-order chi connectivity index (χ1) is 2.89. The van der Waals surface area contributed by atoms with Gasteiger partial charge in [0, 0.05) is 0 Å². The van der Waals surface area contributed by atoms with Crippen molar-refractivity contribution in [2.45, 2.75) is 0 Å². The third kappa shape index (κ3) is 0.866. The molecule has 2 nitrogen and oxygen atoms in total. The number of halogens is 1. The molecule has 1 aliphatic heterocycles. The van der Waals surface area contributed by atoms with Gasteiger partial charge < -0.3 is 9.31 Å². The average molecular weight is 106 g/mol. The molecule has 1 rings (SSSR count). The molecule has 0 spiro atoms. The van der Waals surface area contributed by atoms with Crippen LogP contribution < -0.4 is 0 Å². The van der Waals surface area contributed by atoms with E-state index in [1.807, 2.05) is 0 Å². The van der Waals surface area contributed by atoms with Gasteiger partial charge in [0.25, 0.3) is 0 Å². The van der Waals surface area contributed by atoms with Gasteiger partial charge in [0.2, 0.25) is 0 Å². The molecule has 0 radical (unpaired) electrons. The van der Waals surface area contributed by atoms with Crippen molar-refractivity contribution in [3.8, 4) is 0 Å². The minimum absolute atomic E-state index is 0.481. The van der Waals surface area contributed by atoms with Crippen molar-refractivity contribution in [1.29, 1.82) is 0 Å². The maximum absolute atomic E-state index is 5.27. The number of hydrogen-bond acceptors (Lipinski definition) is 2. The van der Waals surface area contributed by atoms with E-state index in [0.717, 1.165) is 0 Å². The molecule has 1 aliphatic rings. The standard InChI is InChI=1S/C2H4BClO2/c4-3-5-1-2-6-3/h1-2H2. The first-order valence-corrected chi connectivity index (χ1v) is 2.20. The first-order valence-electron chi connectivity index (χ1n) is 1.77. The van der Waals surface area contributed by atoms with Crippen molar-refractivity contribution in [3.05, 3.63) is 0 Å². The minimum Gasteiger partial charge on any atom is -0.395 e. The van der Waals surface area contributed by atoms with Crippen LogP contribution in [0.1, 0.15) is 0 Å². The van der Waals surface area contributed by atoms with E-state index < -0.39 is 6.53 Å². The van der Waals surface area contributed by atoms with Crippen molar-refractivity contribution in [1.82, 2.24) is 0 Å². The quantitative estimate of drug-likeness (QED) is 0.412. The van der Waals surface area contributed by atoms with Crippen LogP contribution >= 0.6 is 11.5 Å². The molecule has 0 unspecified atom stereocenters. The highest BCUT2D eigenvalue weighted by Gasteiger charge is 2.19. The van der Waals surface area contributed by atoms with Gasteiger partial charge in [-0.25, -0.2) is 0 Å². The summed E-state index contributed by atoms with van der Waals surface area (Å²) in [5.74, 6) is 0. The number of hydrogen-bond donors (Lipinski definition) is 0. The van der Waals surface area contributed by atoms with Gasteiger partial charge in [-0.2, -0.15) is 0 Å². The van der Waals surface area contributed by atoms with Crippen molar-refractivity contribution in [3.63, 3.8) is 0 Å². The minimum atomic E-state index is -0.481. The largest absolute Gasteiger partial charge is 0.571 e. The van der Waals surface area contributed by atoms with Crippen LogP contribution in [0.15, 0.2) is 0 Å². The van der Waals surface area contributed by atoms with Crippen molar-refractivity contribution >= 4 is 18.0 Å². The van der Waals surface area contributed by atoms with Crippen molar-refractivity contribution < 1.29 is 9.31 Å². The van der Waals surface area contributed by atoms with Crippen LogP contribution in [0.2, 0.25) is 0 Å². The summed E-state index contributed by atoms with van der Waals surface area (Å²) in [6.07, 6.45) is 0. The molecular formula is C2H4BClO2. The Labute approximate surface area is 41.4 Å². The zero-order chi connectivity index (χ0) is 4.41. The Hall–Kier alpha value is 0.275. The average Bonchev–Trinajstić information content (AvgIpc) is 1.86. The second kappa shape index (κ2) is 1.82. The van der Waals surface area contributed by atoms with Crippen LogP contribution in [0.4, 0.5) is 0 Å². The van der Waals surface area contributed by atoms with Gasteiger partial charge in [-0.1, -0.05) is 0 Å². The predicted octanol–water partition coefficient (Wildman–Crippen LogP) is 0.257. The molecule has 0 aromatic heterocycles. The third-order valence-corrected chi connectivity index (χ3v) is 0.833. The SMILES string of the molecule is ClB1OCCO1. The fourth-order valence-electron chi connectivity index (χ4n) is 0.330. The summed E-state index contributed by atoms with van der Waals surface area (Å²) in [5.41, 5.74) is 0. The van der Waals surface area contributed by atoms with E-state index in [1.54, 1.807) is 0 Å². The summed E-state index contributed by atoms with van der Waals surface area (Å²) in [6, 6.07) is 0. The lowest BCUT2D eigenvalue weighted by Gasteiger charge is -1.84. The second-order valence-electron chi connectivity index (χ2n) is 1.02. The molecule has 1 saturated heterocycles. The molecule has 0 amide bonds. The highest BCUT2D eigenvalue weighted by molar-refractivity contribution is 6.99. The van der Waals surface area contributed by atoms with E-state index >= 15 is 0 Å². The Balaban J connectivity index is 2.18. The Kier molecular flexibility index (Phi) is 1.35. The fraction of sp³-hybridized carbons (Fsp3) is 1.00. The Morgan fingerprint density at radius 2 is 1.83 bits per heavy atom. The summed E-state index contributed by atoms with van der Waals surface area (Å²) in [6.45, 7) is 0.785. The summed E-state index contributed by atoms with van der Waals surface area (Å²) >= 11 is 5.27. The first kappa shape index (κ1) is 4.43. The maximum atomic E-state index is 5.27. The van der Waals surface area contributed by atoms with Crippen LogP contribution in [-0.4, -0.2) is 19.7 Å². The molecule has 0 bridgehead atoms. The van der Waals surface area contributed by atoms with E-state index in [1.165, 1.54) is 0 Å². The molecule has 1 fully saturated rings. The molecular weight excluding hydrogens is 102 g/mol. The van der Waals surface area contributed by atoms with E-state index in [2.05, 4.69) is 0 Å². The second-order valence-corrected chi connectivity index (χ2v) is 1.37. The molecule has 0 aromatic rings. The van der Waals surface area contributed by atoms with Gasteiger partial charge in [0.15, 0.2) is 0 Å². The zero-order valence-corrected chi connectivity index (χ0v) is 3.94. The van der Waals surface area contributed by atoms with Crippen LogP contribution in [0.3, 0.4) is 0 Å². The molecule has 1 heterocycles. The highest BCUT2D eigenvalue weighted by atomic mass is 35.5. The Bertz CT molecular complexity index is 44.8. The van der Waals surface area contributed by atoms with Crippen LogP contribution in [0.5, 0.6) is 0 Å². The lowest BCUT2D eigenvalue weighted by Crippen LogP contribution is -2.01. The van der Waals surface area contributed by atoms with E-state index in [0.29, 0.717) is 13.2 Å². The van der Waals surface area contributed by atoms with Crippen molar-refractivity contribution in [2.75, 3.05) is 13.2 Å². The third-order valence-electron chi connectivity index (χ3n) is 0.581.